The first-order valence-electron chi connectivity index (χ1n) is 8.90. The van der Waals surface area contributed by atoms with Gasteiger partial charge in [0.1, 0.15) is 10.6 Å². The summed E-state index contributed by atoms with van der Waals surface area (Å²) in [5, 5.41) is 0.342. The van der Waals surface area contributed by atoms with E-state index in [0.29, 0.717) is 36.4 Å². The summed E-state index contributed by atoms with van der Waals surface area (Å²) in [5.41, 5.74) is 1.08. The van der Waals surface area contributed by atoms with E-state index in [1.165, 1.54) is 26.0 Å². The monoisotopic (exact) mass is 408 g/mol. The van der Waals surface area contributed by atoms with Gasteiger partial charge in [0.25, 0.3) is 0 Å². The van der Waals surface area contributed by atoms with Crippen molar-refractivity contribution in [3.8, 4) is 5.75 Å². The summed E-state index contributed by atoms with van der Waals surface area (Å²) in [5.74, 6) is 1.49. The largest absolute Gasteiger partial charge is 0.495 e. The van der Waals surface area contributed by atoms with Crippen LogP contribution in [0.5, 0.6) is 5.75 Å². The molecule has 1 saturated carbocycles. The van der Waals surface area contributed by atoms with Gasteiger partial charge in [-0.05, 0) is 43.5 Å². The molecular formula is C18H21ClN4O3S. The molecule has 0 amide bonds. The highest BCUT2D eigenvalue weighted by Crippen LogP contribution is 2.39. The fraction of sp³-hybridized carbons (Fsp3) is 0.444. The third-order valence-corrected chi connectivity index (χ3v) is 6.64. The number of halogens is 1. The Morgan fingerprint density at radius 2 is 2.07 bits per heavy atom. The molecule has 0 radical (unpaired) electrons. The number of anilines is 1. The van der Waals surface area contributed by atoms with Crippen LogP contribution < -0.4 is 14.4 Å². The molecule has 7 nitrogen and oxygen atoms in total. The first kappa shape index (κ1) is 18.5. The lowest BCUT2D eigenvalue weighted by Gasteiger charge is -2.18. The molecule has 2 heterocycles. The zero-order valence-electron chi connectivity index (χ0n) is 14.9. The van der Waals surface area contributed by atoms with E-state index in [2.05, 4.69) is 14.7 Å². The minimum atomic E-state index is -3.75. The number of nitrogens with one attached hydrogen (secondary N) is 1. The molecule has 0 spiro atoms. The van der Waals surface area contributed by atoms with Gasteiger partial charge in [0.15, 0.2) is 0 Å². The third-order valence-electron chi connectivity index (χ3n) is 4.87. The number of hydrogen-bond donors (Lipinski definition) is 1. The van der Waals surface area contributed by atoms with E-state index in [4.69, 9.17) is 16.3 Å². The van der Waals surface area contributed by atoms with Crippen molar-refractivity contribution in [2.45, 2.75) is 36.1 Å². The smallest absolute Gasteiger partial charge is 0.244 e. The van der Waals surface area contributed by atoms with E-state index in [1.54, 1.807) is 18.3 Å². The predicted octanol–water partition coefficient (Wildman–Crippen LogP) is 2.57. The predicted molar refractivity (Wildman–Crippen MR) is 103 cm³/mol. The number of benzene rings is 1. The summed E-state index contributed by atoms with van der Waals surface area (Å²) in [6, 6.07) is 6.28. The van der Waals surface area contributed by atoms with Crippen LogP contribution in [0.4, 0.5) is 5.95 Å². The van der Waals surface area contributed by atoms with Gasteiger partial charge in [0.05, 0.1) is 7.11 Å². The molecule has 0 bridgehead atoms. The van der Waals surface area contributed by atoms with Crippen LogP contribution in [0.15, 0.2) is 35.4 Å². The molecule has 2 fully saturated rings. The van der Waals surface area contributed by atoms with Crippen molar-refractivity contribution < 1.29 is 13.2 Å². The maximum atomic E-state index is 12.8. The van der Waals surface area contributed by atoms with Crippen LogP contribution in [0.2, 0.25) is 5.02 Å². The van der Waals surface area contributed by atoms with Gasteiger partial charge in [0.2, 0.25) is 16.0 Å². The summed E-state index contributed by atoms with van der Waals surface area (Å²) < 4.78 is 33.6. The number of aromatic nitrogens is 2. The fourth-order valence-electron chi connectivity index (χ4n) is 3.30. The number of rotatable bonds is 6. The maximum absolute atomic E-state index is 12.8. The van der Waals surface area contributed by atoms with Crippen LogP contribution in [-0.2, 0) is 10.0 Å². The number of nitrogens with zero attached hydrogens (tertiary/aromatic N) is 3. The van der Waals surface area contributed by atoms with Crippen molar-refractivity contribution in [1.29, 1.82) is 0 Å². The molecule has 27 heavy (non-hydrogen) atoms. The summed E-state index contributed by atoms with van der Waals surface area (Å²) in [6.07, 6.45) is 4.82. The minimum absolute atomic E-state index is 0.0444. The van der Waals surface area contributed by atoms with Crippen molar-refractivity contribution >= 4 is 27.6 Å². The molecule has 1 saturated heterocycles. The topological polar surface area (TPSA) is 84.4 Å². The van der Waals surface area contributed by atoms with Gasteiger partial charge in [0, 0.05) is 42.0 Å². The normalized spacial score (nSPS) is 20.1. The molecular weight excluding hydrogens is 388 g/mol. The molecule has 1 aromatic heterocycles. The highest BCUT2D eigenvalue weighted by molar-refractivity contribution is 7.89. The van der Waals surface area contributed by atoms with Gasteiger partial charge >= 0.3 is 0 Å². The maximum Gasteiger partial charge on any atom is 0.244 e. The van der Waals surface area contributed by atoms with Crippen LogP contribution >= 0.6 is 11.6 Å². The number of hydrogen-bond acceptors (Lipinski definition) is 6. The molecule has 2 aromatic rings. The van der Waals surface area contributed by atoms with Gasteiger partial charge < -0.3 is 9.64 Å². The summed E-state index contributed by atoms with van der Waals surface area (Å²) >= 11 is 5.97. The van der Waals surface area contributed by atoms with Gasteiger partial charge in [-0.15, -0.1) is 0 Å². The van der Waals surface area contributed by atoms with Crippen LogP contribution in [0.25, 0.3) is 0 Å². The van der Waals surface area contributed by atoms with Crippen molar-refractivity contribution in [3.05, 3.63) is 41.2 Å². The summed E-state index contributed by atoms with van der Waals surface area (Å²) in [6.45, 7) is 1.23. The number of sulfonamides is 1. The van der Waals surface area contributed by atoms with Crippen LogP contribution in [0.1, 0.15) is 30.9 Å². The highest BCUT2D eigenvalue weighted by atomic mass is 35.5. The second-order valence-corrected chi connectivity index (χ2v) is 9.02. The van der Waals surface area contributed by atoms with Gasteiger partial charge in [-0.1, -0.05) is 11.6 Å². The first-order valence-corrected chi connectivity index (χ1v) is 10.8. The molecule has 4 rings (SSSR count). The van der Waals surface area contributed by atoms with Crippen molar-refractivity contribution in [2.75, 3.05) is 25.1 Å². The van der Waals surface area contributed by atoms with E-state index in [9.17, 15) is 8.42 Å². The molecule has 9 heteroatoms. The Morgan fingerprint density at radius 3 is 2.81 bits per heavy atom. The van der Waals surface area contributed by atoms with Crippen molar-refractivity contribution in [1.82, 2.24) is 14.7 Å². The van der Waals surface area contributed by atoms with E-state index in [0.717, 1.165) is 5.69 Å². The lowest BCUT2D eigenvalue weighted by Crippen LogP contribution is -2.37. The SMILES string of the molecule is COc1ccc(Cl)cc1S(=O)(=O)NC1CCN(c2nccc(C3CC3)n2)C1. The minimum Gasteiger partial charge on any atom is -0.495 e. The Hall–Kier alpha value is -1.90. The zero-order valence-corrected chi connectivity index (χ0v) is 16.5. The number of ether oxygens (including phenoxy) is 1. The second kappa shape index (κ2) is 7.26. The average Bonchev–Trinajstić information content (AvgIpc) is 3.41. The quantitative estimate of drug-likeness (QED) is 0.790. The zero-order chi connectivity index (χ0) is 19.0. The van der Waals surface area contributed by atoms with Gasteiger partial charge in [-0.2, -0.15) is 0 Å². The lowest BCUT2D eigenvalue weighted by molar-refractivity contribution is 0.402. The molecule has 1 unspecified atom stereocenters. The van der Waals surface area contributed by atoms with Gasteiger partial charge in [-0.3, -0.25) is 0 Å². The molecule has 1 aliphatic heterocycles. The molecule has 144 valence electrons. The second-order valence-electron chi connectivity index (χ2n) is 6.90. The average molecular weight is 409 g/mol. The Labute approximate surface area is 163 Å². The van der Waals surface area contributed by atoms with Crippen LogP contribution in [0, 0.1) is 0 Å². The standard InChI is InChI=1S/C18H21ClN4O3S/c1-26-16-5-4-13(19)10-17(16)27(24,25)22-14-7-9-23(11-14)18-20-8-6-15(21-18)12-2-3-12/h4-6,8,10,12,14,22H,2-3,7,9,11H2,1H3. The van der Waals surface area contributed by atoms with Crippen LogP contribution in [-0.4, -0.2) is 44.6 Å². The van der Waals surface area contributed by atoms with E-state index in [-0.39, 0.29) is 16.7 Å². The Balaban J connectivity index is 1.48. The summed E-state index contributed by atoms with van der Waals surface area (Å²) in [4.78, 5) is 11.1. The molecule has 1 atom stereocenters. The van der Waals surface area contributed by atoms with Crippen molar-refractivity contribution in [2.24, 2.45) is 0 Å². The fourth-order valence-corrected chi connectivity index (χ4v) is 5.00. The van der Waals surface area contributed by atoms with Crippen LogP contribution in [0.3, 0.4) is 0 Å². The van der Waals surface area contributed by atoms with E-state index >= 15 is 0 Å². The molecule has 2 aliphatic rings. The molecule has 1 aromatic carbocycles. The Morgan fingerprint density at radius 1 is 1.26 bits per heavy atom. The Bertz CT molecular complexity index is 949. The Kier molecular flexibility index (Phi) is 4.96. The van der Waals surface area contributed by atoms with Gasteiger partial charge in [-0.25, -0.2) is 23.1 Å². The molecule has 1 aliphatic carbocycles. The summed E-state index contributed by atoms with van der Waals surface area (Å²) in [7, 11) is -2.32. The van der Waals surface area contributed by atoms with E-state index in [1.807, 2.05) is 11.0 Å². The van der Waals surface area contributed by atoms with Crippen molar-refractivity contribution in [3.63, 3.8) is 0 Å². The number of methoxy groups -OCH3 is 1. The first-order chi connectivity index (χ1) is 13.0. The highest BCUT2D eigenvalue weighted by Gasteiger charge is 2.31. The third kappa shape index (κ3) is 4.02. The molecule has 1 N–H and O–H groups in total. The van der Waals surface area contributed by atoms with E-state index < -0.39 is 10.0 Å². The lowest BCUT2D eigenvalue weighted by atomic mass is 10.3.